The van der Waals surface area contributed by atoms with Gasteiger partial charge in [-0.15, -0.1) is 6.58 Å². The van der Waals surface area contributed by atoms with Gasteiger partial charge in [-0.05, 0) is 43.3 Å². The largest absolute Gasteiger partial charge is 0.497 e. The number of pyridine rings is 1. The van der Waals surface area contributed by atoms with E-state index >= 15 is 0 Å². The maximum atomic E-state index is 14.0. The maximum absolute atomic E-state index is 14.0. The summed E-state index contributed by atoms with van der Waals surface area (Å²) in [5, 5.41) is 10.4. The van der Waals surface area contributed by atoms with Gasteiger partial charge >= 0.3 is 12.0 Å². The third kappa shape index (κ3) is 8.06. The molecular formula is C36H43N7O6. The Labute approximate surface area is 285 Å². The number of amides is 3. The Hall–Kier alpha value is -5.29. The summed E-state index contributed by atoms with van der Waals surface area (Å²) in [6, 6.07) is 15.3. The number of methoxy groups -OCH3 is 1. The Morgan fingerprint density at radius 3 is 2.65 bits per heavy atom. The lowest BCUT2D eigenvalue weighted by atomic mass is 10.0. The standard InChI is InChI=1S/C36H43N7O6/c1-6-36(19-28(36)34(45)48-7-2)41-33(44)31-17-26(21-43(31)35(46)39-24(15-22(3)4)20-38-42-37)49-32-18-29(23-11-9-8-10-12-23)40-30-16-25(47-5)13-14-27(30)32/h6,8-14,16,18,22,24,26,28,31H,1,7,15,17,19-21H2,2-5H3,(H,39,46)(H,41,44)/t24-,26+,28-,31-,36+/m0/s1. The van der Waals surface area contributed by atoms with Gasteiger partial charge in [0.15, 0.2) is 0 Å². The first-order valence-electron chi connectivity index (χ1n) is 16.5. The molecule has 258 valence electrons. The van der Waals surface area contributed by atoms with Crippen molar-refractivity contribution in [3.63, 3.8) is 0 Å². The van der Waals surface area contributed by atoms with E-state index in [9.17, 15) is 14.4 Å². The van der Waals surface area contributed by atoms with E-state index < -0.39 is 47.6 Å². The van der Waals surface area contributed by atoms with Gasteiger partial charge in [-0.3, -0.25) is 9.59 Å². The Morgan fingerprint density at radius 2 is 1.98 bits per heavy atom. The van der Waals surface area contributed by atoms with Crippen LogP contribution < -0.4 is 20.1 Å². The van der Waals surface area contributed by atoms with Crippen LogP contribution >= 0.6 is 0 Å². The fourth-order valence-electron chi connectivity index (χ4n) is 6.38. The van der Waals surface area contributed by atoms with Crippen LogP contribution in [0.15, 0.2) is 72.4 Å². The number of esters is 1. The van der Waals surface area contributed by atoms with E-state index in [4.69, 9.17) is 24.7 Å². The fraction of sp³-hybridized carbons (Fsp3) is 0.444. The Bertz CT molecular complexity index is 1740. The van der Waals surface area contributed by atoms with Crippen LogP contribution in [-0.2, 0) is 14.3 Å². The second-order valence-corrected chi connectivity index (χ2v) is 12.8. The summed E-state index contributed by atoms with van der Waals surface area (Å²) in [5.41, 5.74) is 10.2. The van der Waals surface area contributed by atoms with Crippen LogP contribution in [0.2, 0.25) is 0 Å². The number of carbonyl (C=O) groups is 3. The minimum absolute atomic E-state index is 0.0700. The van der Waals surface area contributed by atoms with Crippen LogP contribution in [0.5, 0.6) is 11.5 Å². The van der Waals surface area contributed by atoms with Crippen molar-refractivity contribution in [1.29, 1.82) is 0 Å². The predicted molar refractivity (Wildman–Crippen MR) is 185 cm³/mol. The zero-order valence-electron chi connectivity index (χ0n) is 28.3. The Balaban J connectivity index is 1.45. The minimum Gasteiger partial charge on any atom is -0.497 e. The second kappa shape index (κ2) is 15.3. The third-order valence-corrected chi connectivity index (χ3v) is 8.91. The first kappa shape index (κ1) is 35.0. The molecule has 13 nitrogen and oxygen atoms in total. The van der Waals surface area contributed by atoms with Gasteiger partial charge in [0.25, 0.3) is 0 Å². The molecule has 1 saturated heterocycles. The van der Waals surface area contributed by atoms with Gasteiger partial charge in [-0.2, -0.15) is 0 Å². The molecule has 2 heterocycles. The number of hydrogen-bond acceptors (Lipinski definition) is 8. The van der Waals surface area contributed by atoms with Crippen molar-refractivity contribution in [2.75, 3.05) is 26.8 Å². The van der Waals surface area contributed by atoms with Gasteiger partial charge in [0.1, 0.15) is 23.6 Å². The van der Waals surface area contributed by atoms with Crippen molar-refractivity contribution in [2.45, 2.75) is 63.8 Å². The van der Waals surface area contributed by atoms with Crippen molar-refractivity contribution in [3.8, 4) is 22.8 Å². The molecule has 13 heteroatoms. The highest BCUT2D eigenvalue weighted by molar-refractivity contribution is 5.91. The topological polar surface area (TPSA) is 168 Å². The number of urea groups is 1. The molecule has 0 unspecified atom stereocenters. The SMILES string of the molecule is C=C[C@@]1(NC(=O)[C@@H]2C[C@@H](Oc3cc(-c4ccccc4)nc4cc(OC)ccc34)CN2C(=O)N[C@H](CN=[N+]=[N-])CC(C)C)C[C@H]1C(=O)OCC. The van der Waals surface area contributed by atoms with E-state index in [1.165, 1.54) is 4.90 Å². The van der Waals surface area contributed by atoms with Gasteiger partial charge in [0.05, 0.1) is 42.9 Å². The Morgan fingerprint density at radius 1 is 1.20 bits per heavy atom. The first-order chi connectivity index (χ1) is 23.6. The first-order valence-corrected chi connectivity index (χ1v) is 16.5. The van der Waals surface area contributed by atoms with E-state index in [1.807, 2.05) is 68.4 Å². The molecule has 3 amide bonds. The number of rotatable bonds is 14. The number of azide groups is 1. The fourth-order valence-corrected chi connectivity index (χ4v) is 6.38. The molecule has 2 fully saturated rings. The summed E-state index contributed by atoms with van der Waals surface area (Å²) in [5.74, 6) is 0.0114. The molecule has 49 heavy (non-hydrogen) atoms. The highest BCUT2D eigenvalue weighted by Gasteiger charge is 2.59. The van der Waals surface area contributed by atoms with Crippen LogP contribution in [-0.4, -0.2) is 78.3 Å². The molecule has 3 aromatic rings. The normalized spacial score (nSPS) is 21.7. The predicted octanol–water partition coefficient (Wildman–Crippen LogP) is 5.79. The summed E-state index contributed by atoms with van der Waals surface area (Å²) in [6.07, 6.45) is 2.10. The molecule has 2 aliphatic rings. The summed E-state index contributed by atoms with van der Waals surface area (Å²) >= 11 is 0. The number of carbonyl (C=O) groups excluding carboxylic acids is 3. The van der Waals surface area contributed by atoms with Crippen LogP contribution in [0.1, 0.15) is 40.0 Å². The van der Waals surface area contributed by atoms with Crippen molar-refractivity contribution in [3.05, 3.63) is 77.7 Å². The maximum Gasteiger partial charge on any atom is 0.318 e. The number of nitrogens with one attached hydrogen (secondary N) is 2. The van der Waals surface area contributed by atoms with Gasteiger partial charge in [-0.1, -0.05) is 55.4 Å². The number of nitrogens with zero attached hydrogens (tertiary/aromatic N) is 5. The van der Waals surface area contributed by atoms with Gasteiger partial charge < -0.3 is 29.7 Å². The lowest BCUT2D eigenvalue weighted by Gasteiger charge is -2.28. The van der Waals surface area contributed by atoms with Crippen molar-refractivity contribution in [1.82, 2.24) is 20.5 Å². The molecule has 5 rings (SSSR count). The number of aromatic nitrogens is 1. The second-order valence-electron chi connectivity index (χ2n) is 12.8. The van der Waals surface area contributed by atoms with Gasteiger partial charge in [-0.25, -0.2) is 9.78 Å². The molecule has 5 atom stereocenters. The third-order valence-electron chi connectivity index (χ3n) is 8.91. The number of likely N-dealkylation sites (tertiary alicyclic amines) is 1. The number of fused-ring (bicyclic) bond motifs is 1. The monoisotopic (exact) mass is 669 g/mol. The molecular weight excluding hydrogens is 626 g/mol. The molecule has 1 aliphatic heterocycles. The van der Waals surface area contributed by atoms with Crippen molar-refractivity contribution >= 4 is 28.8 Å². The quantitative estimate of drug-likeness (QED) is 0.0720. The number of hydrogen-bond donors (Lipinski definition) is 2. The van der Waals surface area contributed by atoms with Crippen molar-refractivity contribution in [2.24, 2.45) is 17.0 Å². The summed E-state index contributed by atoms with van der Waals surface area (Å²) in [4.78, 5) is 49.5. The summed E-state index contributed by atoms with van der Waals surface area (Å²) in [7, 11) is 1.59. The molecule has 0 spiro atoms. The lowest BCUT2D eigenvalue weighted by Crippen LogP contribution is -2.54. The van der Waals surface area contributed by atoms with E-state index in [0.29, 0.717) is 35.6 Å². The molecule has 1 saturated carbocycles. The van der Waals surface area contributed by atoms with Gasteiger partial charge in [0.2, 0.25) is 5.91 Å². The summed E-state index contributed by atoms with van der Waals surface area (Å²) in [6.45, 7) is 10.0. The van der Waals surface area contributed by atoms with Crippen LogP contribution in [0, 0.1) is 11.8 Å². The highest BCUT2D eigenvalue weighted by atomic mass is 16.5. The lowest BCUT2D eigenvalue weighted by molar-refractivity contribution is -0.145. The van der Waals surface area contributed by atoms with E-state index in [2.05, 4.69) is 27.2 Å². The Kier molecular flexibility index (Phi) is 10.9. The zero-order chi connectivity index (χ0) is 35.1. The molecule has 1 aromatic heterocycles. The smallest absolute Gasteiger partial charge is 0.318 e. The molecule has 0 radical (unpaired) electrons. The van der Waals surface area contributed by atoms with Crippen LogP contribution in [0.4, 0.5) is 4.79 Å². The highest BCUT2D eigenvalue weighted by Crippen LogP contribution is 2.46. The van der Waals surface area contributed by atoms with Crippen LogP contribution in [0.3, 0.4) is 0 Å². The molecule has 1 aliphatic carbocycles. The molecule has 2 aromatic carbocycles. The average Bonchev–Trinajstić information content (AvgIpc) is 3.66. The van der Waals surface area contributed by atoms with Crippen LogP contribution in [0.25, 0.3) is 32.6 Å². The van der Waals surface area contributed by atoms with E-state index in [0.717, 1.165) is 10.9 Å². The van der Waals surface area contributed by atoms with E-state index in [1.54, 1.807) is 20.1 Å². The van der Waals surface area contributed by atoms with Crippen molar-refractivity contribution < 1.29 is 28.6 Å². The molecule has 0 bridgehead atoms. The number of ether oxygens (including phenoxy) is 3. The molecule has 2 N–H and O–H groups in total. The van der Waals surface area contributed by atoms with E-state index in [-0.39, 0.29) is 32.0 Å². The summed E-state index contributed by atoms with van der Waals surface area (Å²) < 4.78 is 17.3. The van der Waals surface area contributed by atoms with Gasteiger partial charge in [0, 0.05) is 47.0 Å². The number of benzene rings is 2. The zero-order valence-corrected chi connectivity index (χ0v) is 28.3. The minimum atomic E-state index is -0.961. The average molecular weight is 670 g/mol.